The number of rotatable bonds is 2. The van der Waals surface area contributed by atoms with Gasteiger partial charge in [0.05, 0.1) is 0 Å². The van der Waals surface area contributed by atoms with Crippen molar-refractivity contribution >= 4 is 23.7 Å². The van der Waals surface area contributed by atoms with E-state index >= 15 is 0 Å². The predicted molar refractivity (Wildman–Crippen MR) is 88.4 cm³/mol. The first-order valence-corrected chi connectivity index (χ1v) is 8.17. The van der Waals surface area contributed by atoms with E-state index in [0.717, 1.165) is 26.2 Å². The van der Waals surface area contributed by atoms with E-state index in [1.165, 1.54) is 17.7 Å². The maximum absolute atomic E-state index is 12.0. The van der Waals surface area contributed by atoms with Crippen LogP contribution in [0.25, 0.3) is 0 Å². The number of nitrogens with zero attached hydrogens (tertiary/aromatic N) is 2. The fourth-order valence-corrected chi connectivity index (χ4v) is 4.43. The molecule has 2 bridgehead atoms. The monoisotopic (exact) mass is 322 g/mol. The van der Waals surface area contributed by atoms with E-state index < -0.39 is 0 Å². The van der Waals surface area contributed by atoms with Gasteiger partial charge in [0, 0.05) is 43.9 Å². The summed E-state index contributed by atoms with van der Waals surface area (Å²) < 4.78 is 2.00. The van der Waals surface area contributed by atoms with Crippen LogP contribution in [-0.2, 0) is 13.1 Å². The van der Waals surface area contributed by atoms with E-state index in [1.54, 1.807) is 17.4 Å². The maximum atomic E-state index is 12.0. The smallest absolute Gasteiger partial charge is 0.250 e. The summed E-state index contributed by atoms with van der Waals surface area (Å²) in [7, 11) is 0. The van der Waals surface area contributed by atoms with Gasteiger partial charge in [-0.2, -0.15) is 11.3 Å². The predicted octanol–water partition coefficient (Wildman–Crippen LogP) is 2.95. The molecule has 5 heteroatoms. The third-order valence-electron chi connectivity index (χ3n) is 4.54. The second kappa shape index (κ2) is 5.95. The Morgan fingerprint density at radius 3 is 2.90 bits per heavy atom. The van der Waals surface area contributed by atoms with Crippen LogP contribution in [0.2, 0.25) is 0 Å². The van der Waals surface area contributed by atoms with Crippen LogP contribution < -0.4 is 5.56 Å². The van der Waals surface area contributed by atoms with Gasteiger partial charge < -0.3 is 4.57 Å². The summed E-state index contributed by atoms with van der Waals surface area (Å²) in [5.74, 6) is 1.15. The van der Waals surface area contributed by atoms with E-state index in [9.17, 15) is 4.79 Å². The van der Waals surface area contributed by atoms with Gasteiger partial charge in [-0.05, 0) is 40.8 Å². The second-order valence-corrected chi connectivity index (χ2v) is 6.80. The van der Waals surface area contributed by atoms with Crippen LogP contribution >= 0.6 is 23.7 Å². The van der Waals surface area contributed by atoms with Crippen LogP contribution in [-0.4, -0.2) is 22.6 Å². The molecule has 4 heterocycles. The van der Waals surface area contributed by atoms with E-state index in [4.69, 9.17) is 0 Å². The van der Waals surface area contributed by atoms with Crippen molar-refractivity contribution in [2.24, 2.45) is 5.92 Å². The summed E-state index contributed by atoms with van der Waals surface area (Å²) in [5.41, 5.74) is 2.83. The standard InChI is InChI=1S/C16H18N2OS.ClH/c19-16-3-1-2-15-14-6-13(9-18(15)16)8-17(10-14)7-12-4-5-20-11-12;/h1-5,11,13-14H,6-10H2;1H. The Bertz CT molecular complexity index is 667. The highest BCUT2D eigenvalue weighted by molar-refractivity contribution is 7.07. The molecule has 2 aliphatic rings. The molecule has 0 N–H and O–H groups in total. The number of likely N-dealkylation sites (tertiary alicyclic amines) is 1. The van der Waals surface area contributed by atoms with E-state index in [1.807, 2.05) is 10.6 Å². The summed E-state index contributed by atoms with van der Waals surface area (Å²) in [6.45, 7) is 4.14. The molecule has 0 saturated carbocycles. The first-order chi connectivity index (χ1) is 9.79. The van der Waals surface area contributed by atoms with Crippen LogP contribution in [0.5, 0.6) is 0 Å². The van der Waals surface area contributed by atoms with Crippen LogP contribution in [0.3, 0.4) is 0 Å². The maximum Gasteiger partial charge on any atom is 0.250 e. The molecule has 0 amide bonds. The Morgan fingerprint density at radius 2 is 2.10 bits per heavy atom. The highest BCUT2D eigenvalue weighted by Gasteiger charge is 2.34. The van der Waals surface area contributed by atoms with Crippen LogP contribution in [0.1, 0.15) is 23.6 Å². The minimum atomic E-state index is 0. The fourth-order valence-electron chi connectivity index (χ4n) is 3.77. The van der Waals surface area contributed by atoms with Gasteiger partial charge in [0.2, 0.25) is 0 Å². The summed E-state index contributed by atoms with van der Waals surface area (Å²) in [6, 6.07) is 7.95. The number of thiophene rings is 1. The number of piperidine rings is 1. The molecule has 2 unspecified atom stereocenters. The molecule has 0 aliphatic carbocycles. The van der Waals surface area contributed by atoms with E-state index in [2.05, 4.69) is 27.8 Å². The number of hydrogen-bond donors (Lipinski definition) is 0. The van der Waals surface area contributed by atoms with Crippen LogP contribution in [0.4, 0.5) is 0 Å². The number of pyridine rings is 1. The molecule has 1 fully saturated rings. The van der Waals surface area contributed by atoms with Crippen molar-refractivity contribution in [3.8, 4) is 0 Å². The van der Waals surface area contributed by atoms with Gasteiger partial charge in [-0.15, -0.1) is 12.4 Å². The van der Waals surface area contributed by atoms with Gasteiger partial charge in [-0.25, -0.2) is 0 Å². The highest BCUT2D eigenvalue weighted by Crippen LogP contribution is 2.35. The average Bonchev–Trinajstić information content (AvgIpc) is 2.93. The van der Waals surface area contributed by atoms with Crippen LogP contribution in [0, 0.1) is 5.92 Å². The molecule has 0 aromatic carbocycles. The van der Waals surface area contributed by atoms with Crippen molar-refractivity contribution < 1.29 is 0 Å². The number of fused-ring (bicyclic) bond motifs is 4. The normalized spacial score (nSPS) is 24.2. The highest BCUT2D eigenvalue weighted by atomic mass is 35.5. The summed E-state index contributed by atoms with van der Waals surface area (Å²) >= 11 is 1.77. The van der Waals surface area contributed by atoms with Gasteiger partial charge in [0.1, 0.15) is 0 Å². The molecule has 112 valence electrons. The molecular formula is C16H19ClN2OS. The lowest BCUT2D eigenvalue weighted by molar-refractivity contribution is 0.114. The third kappa shape index (κ3) is 2.80. The summed E-state index contributed by atoms with van der Waals surface area (Å²) in [5, 5.41) is 4.39. The van der Waals surface area contributed by atoms with Crippen molar-refractivity contribution in [2.45, 2.75) is 25.4 Å². The van der Waals surface area contributed by atoms with Gasteiger partial charge in [-0.1, -0.05) is 6.07 Å². The van der Waals surface area contributed by atoms with E-state index in [-0.39, 0.29) is 18.0 Å². The molecule has 2 aliphatic heterocycles. The Balaban J connectivity index is 0.00000132. The quantitative estimate of drug-likeness (QED) is 0.849. The largest absolute Gasteiger partial charge is 0.312 e. The van der Waals surface area contributed by atoms with Gasteiger partial charge in [0.25, 0.3) is 5.56 Å². The molecule has 21 heavy (non-hydrogen) atoms. The lowest BCUT2D eigenvalue weighted by Crippen LogP contribution is -2.46. The fraction of sp³-hybridized carbons (Fsp3) is 0.438. The molecule has 0 radical (unpaired) electrons. The number of hydrogen-bond acceptors (Lipinski definition) is 3. The zero-order chi connectivity index (χ0) is 13.5. The molecule has 3 nitrogen and oxygen atoms in total. The van der Waals surface area contributed by atoms with Gasteiger partial charge in [0.15, 0.2) is 0 Å². The van der Waals surface area contributed by atoms with Crippen molar-refractivity contribution in [1.82, 2.24) is 9.47 Å². The van der Waals surface area contributed by atoms with Crippen molar-refractivity contribution in [3.05, 3.63) is 56.6 Å². The number of aromatic nitrogens is 1. The van der Waals surface area contributed by atoms with Crippen molar-refractivity contribution in [3.63, 3.8) is 0 Å². The molecule has 0 spiro atoms. The molecule has 2 aromatic heterocycles. The Hall–Kier alpha value is -1.10. The van der Waals surface area contributed by atoms with E-state index in [0.29, 0.717) is 11.8 Å². The lowest BCUT2D eigenvalue weighted by atomic mass is 9.83. The molecule has 1 saturated heterocycles. The molecule has 4 rings (SSSR count). The topological polar surface area (TPSA) is 25.2 Å². The summed E-state index contributed by atoms with van der Waals surface area (Å²) in [4.78, 5) is 14.5. The average molecular weight is 323 g/mol. The first-order valence-electron chi connectivity index (χ1n) is 7.23. The lowest BCUT2D eigenvalue weighted by Gasteiger charge is -2.42. The summed E-state index contributed by atoms with van der Waals surface area (Å²) in [6.07, 6.45) is 1.24. The van der Waals surface area contributed by atoms with Crippen LogP contribution in [0.15, 0.2) is 39.8 Å². The zero-order valence-electron chi connectivity index (χ0n) is 11.8. The molecular weight excluding hydrogens is 304 g/mol. The third-order valence-corrected chi connectivity index (χ3v) is 5.27. The Kier molecular flexibility index (Phi) is 4.20. The first kappa shape index (κ1) is 14.8. The van der Waals surface area contributed by atoms with Gasteiger partial charge >= 0.3 is 0 Å². The minimum absolute atomic E-state index is 0. The Labute approximate surface area is 134 Å². The molecule has 2 atom stereocenters. The van der Waals surface area contributed by atoms with Crippen molar-refractivity contribution in [2.75, 3.05) is 13.1 Å². The zero-order valence-corrected chi connectivity index (χ0v) is 13.4. The molecule has 2 aromatic rings. The second-order valence-electron chi connectivity index (χ2n) is 6.02. The van der Waals surface area contributed by atoms with Crippen molar-refractivity contribution in [1.29, 1.82) is 0 Å². The SMILES string of the molecule is Cl.O=c1cccc2n1CC1CC2CN(Cc2ccsc2)C1. The number of halogens is 1. The Morgan fingerprint density at radius 1 is 1.19 bits per heavy atom. The van der Waals surface area contributed by atoms with Gasteiger partial charge in [-0.3, -0.25) is 9.69 Å². The minimum Gasteiger partial charge on any atom is -0.312 e.